The highest BCUT2D eigenvalue weighted by Crippen LogP contribution is 2.33. The van der Waals surface area contributed by atoms with Gasteiger partial charge in [-0.1, -0.05) is 0 Å². The molecule has 0 saturated carbocycles. The predicted octanol–water partition coefficient (Wildman–Crippen LogP) is 0.421. The third-order valence-electron chi connectivity index (χ3n) is 3.76. The minimum Gasteiger partial charge on any atom is -0.348 e. The molecule has 3 rings (SSSR count). The predicted molar refractivity (Wildman–Crippen MR) is 64.4 cm³/mol. The van der Waals surface area contributed by atoms with E-state index in [9.17, 15) is 8.42 Å². The lowest BCUT2D eigenvalue weighted by atomic mass is 9.90. The SMILES string of the molecule is O=S1(=O)CCCC(C2NCCc3[nH]cnc32)C1. The van der Waals surface area contributed by atoms with Crippen molar-refractivity contribution in [2.75, 3.05) is 18.1 Å². The van der Waals surface area contributed by atoms with Gasteiger partial charge in [0.25, 0.3) is 0 Å². The van der Waals surface area contributed by atoms with E-state index in [2.05, 4.69) is 15.3 Å². The number of imidazole rings is 1. The van der Waals surface area contributed by atoms with Crippen molar-refractivity contribution in [2.24, 2.45) is 5.92 Å². The van der Waals surface area contributed by atoms with Crippen molar-refractivity contribution in [1.82, 2.24) is 15.3 Å². The van der Waals surface area contributed by atoms with Gasteiger partial charge in [0.15, 0.2) is 9.84 Å². The zero-order valence-corrected chi connectivity index (χ0v) is 10.5. The van der Waals surface area contributed by atoms with Gasteiger partial charge in [-0.05, 0) is 18.8 Å². The molecule has 2 aliphatic rings. The van der Waals surface area contributed by atoms with Gasteiger partial charge in [-0.2, -0.15) is 0 Å². The number of hydrogen-bond donors (Lipinski definition) is 2. The number of nitrogens with one attached hydrogen (secondary N) is 2. The Hall–Kier alpha value is -0.880. The monoisotopic (exact) mass is 255 g/mol. The molecule has 1 aromatic heterocycles. The molecule has 0 aliphatic carbocycles. The van der Waals surface area contributed by atoms with Gasteiger partial charge in [0.2, 0.25) is 0 Å². The maximum atomic E-state index is 11.7. The van der Waals surface area contributed by atoms with E-state index in [0.29, 0.717) is 11.5 Å². The highest BCUT2D eigenvalue weighted by atomic mass is 32.2. The Labute approximate surface area is 101 Å². The Balaban J connectivity index is 1.87. The molecular formula is C11H17N3O2S. The van der Waals surface area contributed by atoms with Crippen molar-refractivity contribution in [1.29, 1.82) is 0 Å². The first kappa shape index (κ1) is 11.2. The molecule has 17 heavy (non-hydrogen) atoms. The largest absolute Gasteiger partial charge is 0.348 e. The summed E-state index contributed by atoms with van der Waals surface area (Å²) in [7, 11) is -2.84. The minimum absolute atomic E-state index is 0.111. The number of nitrogens with zero attached hydrogens (tertiary/aromatic N) is 1. The highest BCUT2D eigenvalue weighted by Gasteiger charge is 2.35. The van der Waals surface area contributed by atoms with Crippen LogP contribution in [-0.2, 0) is 16.3 Å². The molecule has 0 bridgehead atoms. The van der Waals surface area contributed by atoms with Gasteiger partial charge in [-0.15, -0.1) is 0 Å². The van der Waals surface area contributed by atoms with E-state index < -0.39 is 9.84 Å². The molecule has 0 amide bonds. The molecule has 6 heteroatoms. The lowest BCUT2D eigenvalue weighted by Gasteiger charge is -2.32. The third-order valence-corrected chi connectivity index (χ3v) is 5.60. The Morgan fingerprint density at radius 1 is 1.41 bits per heavy atom. The summed E-state index contributed by atoms with van der Waals surface area (Å²) in [6.07, 6.45) is 4.42. The maximum Gasteiger partial charge on any atom is 0.150 e. The van der Waals surface area contributed by atoms with Crippen LogP contribution < -0.4 is 5.32 Å². The van der Waals surface area contributed by atoms with E-state index in [-0.39, 0.29) is 12.0 Å². The zero-order chi connectivity index (χ0) is 11.9. The van der Waals surface area contributed by atoms with Crippen molar-refractivity contribution >= 4 is 9.84 Å². The molecule has 3 heterocycles. The van der Waals surface area contributed by atoms with Crippen molar-refractivity contribution in [3.05, 3.63) is 17.7 Å². The van der Waals surface area contributed by atoms with Gasteiger partial charge < -0.3 is 10.3 Å². The number of H-pyrrole nitrogens is 1. The van der Waals surface area contributed by atoms with Crippen LogP contribution in [0.3, 0.4) is 0 Å². The summed E-state index contributed by atoms with van der Waals surface area (Å²) < 4.78 is 23.4. The van der Waals surface area contributed by atoms with Crippen LogP contribution in [-0.4, -0.2) is 36.4 Å². The van der Waals surface area contributed by atoms with E-state index in [1.165, 1.54) is 0 Å². The molecule has 1 fully saturated rings. The van der Waals surface area contributed by atoms with Crippen LogP contribution in [0.15, 0.2) is 6.33 Å². The summed E-state index contributed by atoms with van der Waals surface area (Å²) in [5.41, 5.74) is 2.19. The second kappa shape index (κ2) is 4.10. The fourth-order valence-electron chi connectivity index (χ4n) is 2.96. The van der Waals surface area contributed by atoms with Crippen LogP contribution in [0.1, 0.15) is 30.3 Å². The Morgan fingerprint density at radius 3 is 3.12 bits per heavy atom. The number of aromatic nitrogens is 2. The number of rotatable bonds is 1. The van der Waals surface area contributed by atoms with E-state index in [4.69, 9.17) is 0 Å². The smallest absolute Gasteiger partial charge is 0.150 e. The average molecular weight is 255 g/mol. The maximum absolute atomic E-state index is 11.7. The molecule has 0 radical (unpaired) electrons. The molecular weight excluding hydrogens is 238 g/mol. The number of fused-ring (bicyclic) bond motifs is 1. The molecule has 94 valence electrons. The normalized spacial score (nSPS) is 32.0. The fraction of sp³-hybridized carbons (Fsp3) is 0.727. The van der Waals surface area contributed by atoms with Crippen molar-refractivity contribution in [2.45, 2.75) is 25.3 Å². The molecule has 2 atom stereocenters. The summed E-state index contributed by atoms with van der Waals surface area (Å²) >= 11 is 0. The summed E-state index contributed by atoms with van der Waals surface area (Å²) in [5, 5.41) is 3.42. The molecule has 2 aliphatic heterocycles. The first-order valence-electron chi connectivity index (χ1n) is 6.12. The summed E-state index contributed by atoms with van der Waals surface area (Å²) in [6, 6.07) is 0.111. The van der Waals surface area contributed by atoms with Gasteiger partial charge in [0.05, 0.1) is 29.6 Å². The Kier molecular flexibility index (Phi) is 2.71. The summed E-state index contributed by atoms with van der Waals surface area (Å²) in [4.78, 5) is 7.50. The lowest BCUT2D eigenvalue weighted by molar-refractivity contribution is 0.336. The van der Waals surface area contributed by atoms with E-state index in [0.717, 1.165) is 37.2 Å². The number of hydrogen-bond acceptors (Lipinski definition) is 4. The first-order chi connectivity index (χ1) is 8.16. The van der Waals surface area contributed by atoms with E-state index in [1.807, 2.05) is 0 Å². The van der Waals surface area contributed by atoms with Crippen LogP contribution in [0.2, 0.25) is 0 Å². The molecule has 2 N–H and O–H groups in total. The van der Waals surface area contributed by atoms with Gasteiger partial charge in [-0.25, -0.2) is 13.4 Å². The van der Waals surface area contributed by atoms with Crippen LogP contribution in [0, 0.1) is 5.92 Å². The van der Waals surface area contributed by atoms with Crippen LogP contribution >= 0.6 is 0 Å². The molecule has 0 aromatic carbocycles. The van der Waals surface area contributed by atoms with E-state index in [1.54, 1.807) is 6.33 Å². The molecule has 0 spiro atoms. The third kappa shape index (κ3) is 2.11. The van der Waals surface area contributed by atoms with Gasteiger partial charge in [0.1, 0.15) is 0 Å². The van der Waals surface area contributed by atoms with Gasteiger partial charge in [0, 0.05) is 18.7 Å². The van der Waals surface area contributed by atoms with Crippen molar-refractivity contribution < 1.29 is 8.42 Å². The van der Waals surface area contributed by atoms with Crippen LogP contribution in [0.25, 0.3) is 0 Å². The number of aromatic amines is 1. The van der Waals surface area contributed by atoms with Gasteiger partial charge in [-0.3, -0.25) is 0 Å². The second-order valence-corrected chi connectivity index (χ2v) is 7.19. The van der Waals surface area contributed by atoms with Crippen molar-refractivity contribution in [3.8, 4) is 0 Å². The molecule has 1 saturated heterocycles. The zero-order valence-electron chi connectivity index (χ0n) is 9.65. The van der Waals surface area contributed by atoms with Crippen molar-refractivity contribution in [3.63, 3.8) is 0 Å². The average Bonchev–Trinajstić information content (AvgIpc) is 2.75. The van der Waals surface area contributed by atoms with E-state index >= 15 is 0 Å². The van der Waals surface area contributed by atoms with Crippen LogP contribution in [0.4, 0.5) is 0 Å². The minimum atomic E-state index is -2.84. The molecule has 1 aromatic rings. The van der Waals surface area contributed by atoms with Crippen LogP contribution in [0.5, 0.6) is 0 Å². The summed E-state index contributed by atoms with van der Waals surface area (Å²) in [6.45, 7) is 0.899. The molecule has 2 unspecified atom stereocenters. The standard InChI is InChI=1S/C11H17N3O2S/c15-17(16)5-1-2-8(6-17)10-11-9(3-4-12-10)13-7-14-11/h7-8,10,12H,1-6H2,(H,13,14). The number of sulfone groups is 1. The van der Waals surface area contributed by atoms with Gasteiger partial charge >= 0.3 is 0 Å². The second-order valence-electron chi connectivity index (χ2n) is 4.96. The lowest BCUT2D eigenvalue weighted by Crippen LogP contribution is -2.40. The summed E-state index contributed by atoms with van der Waals surface area (Å²) in [5.74, 6) is 0.830. The fourth-order valence-corrected chi connectivity index (χ4v) is 4.74. The Morgan fingerprint density at radius 2 is 2.29 bits per heavy atom. The highest BCUT2D eigenvalue weighted by molar-refractivity contribution is 7.91. The molecule has 5 nitrogen and oxygen atoms in total. The topological polar surface area (TPSA) is 74.8 Å². The Bertz CT molecular complexity index is 509. The quantitative estimate of drug-likeness (QED) is 0.762. The first-order valence-corrected chi connectivity index (χ1v) is 7.94.